The molecule has 2 nitrogen and oxygen atoms in total. The van der Waals surface area contributed by atoms with E-state index in [-0.39, 0.29) is 11.6 Å². The maximum atomic E-state index is 14.3. The minimum Gasteiger partial charge on any atom is -0.289 e. The van der Waals surface area contributed by atoms with Crippen LogP contribution in [0.2, 0.25) is 33.2 Å². The smallest absolute Gasteiger partial charge is 0.194 e. The Morgan fingerprint density at radius 1 is 0.417 bits per heavy atom. The summed E-state index contributed by atoms with van der Waals surface area (Å²) < 4.78 is 0. The van der Waals surface area contributed by atoms with Crippen LogP contribution in [0.3, 0.4) is 0 Å². The van der Waals surface area contributed by atoms with Crippen LogP contribution in [0.25, 0.3) is 11.1 Å². The monoisotopic (exact) mass is 668 g/mol. The summed E-state index contributed by atoms with van der Waals surface area (Å²) in [4.78, 5) is 28.6. The molecular formula is C44H52O2Si2. The third-order valence-corrected chi connectivity index (χ3v) is 24.2. The molecule has 0 saturated heterocycles. The van der Waals surface area contributed by atoms with E-state index >= 15 is 0 Å². The van der Waals surface area contributed by atoms with Crippen molar-refractivity contribution in [1.29, 1.82) is 0 Å². The molecule has 0 saturated carbocycles. The first kappa shape index (κ1) is 35.6. The number of carbonyl (C=O) groups is 2. The zero-order valence-corrected chi connectivity index (χ0v) is 33.1. The fourth-order valence-electron chi connectivity index (χ4n) is 9.24. The highest BCUT2D eigenvalue weighted by Crippen LogP contribution is 2.42. The number of rotatable bonds is 6. The maximum Gasteiger partial charge on any atom is 0.194 e. The van der Waals surface area contributed by atoms with Crippen LogP contribution < -0.4 is 10.4 Å². The van der Waals surface area contributed by atoms with Crippen LogP contribution in [-0.2, 0) is 0 Å². The van der Waals surface area contributed by atoms with Crippen molar-refractivity contribution in [3.05, 3.63) is 104 Å². The van der Waals surface area contributed by atoms with E-state index in [4.69, 9.17) is 0 Å². The Morgan fingerprint density at radius 3 is 0.958 bits per heavy atom. The van der Waals surface area contributed by atoms with Crippen LogP contribution in [0, 0.1) is 22.9 Å². The second-order valence-electron chi connectivity index (χ2n) is 15.7. The summed E-state index contributed by atoms with van der Waals surface area (Å²) in [5.74, 6) is 7.37. The molecule has 0 fully saturated rings. The molecule has 2 aliphatic rings. The minimum absolute atomic E-state index is 0.0251. The van der Waals surface area contributed by atoms with Crippen LogP contribution >= 0.6 is 0 Å². The molecular weight excluding hydrogens is 617 g/mol. The van der Waals surface area contributed by atoms with Crippen molar-refractivity contribution in [3.63, 3.8) is 0 Å². The van der Waals surface area contributed by atoms with E-state index in [0.717, 1.165) is 32.7 Å². The van der Waals surface area contributed by atoms with E-state index in [0.29, 0.717) is 55.5 Å². The van der Waals surface area contributed by atoms with E-state index in [1.807, 2.05) is 60.7 Å². The molecule has 0 aromatic heterocycles. The Kier molecular flexibility index (Phi) is 9.87. The molecule has 0 N–H and O–H groups in total. The first-order chi connectivity index (χ1) is 22.6. The van der Waals surface area contributed by atoms with Crippen LogP contribution in [0.4, 0.5) is 0 Å². The fraction of sp³-hybridized carbons (Fsp3) is 0.409. The largest absolute Gasteiger partial charge is 0.289 e. The highest BCUT2D eigenvalue weighted by Gasteiger charge is 2.43. The molecule has 0 atom stereocenters. The number of benzene rings is 3. The Hall–Kier alpha value is -3.71. The Bertz CT molecular complexity index is 1860. The van der Waals surface area contributed by atoms with Crippen LogP contribution in [0.15, 0.2) is 60.7 Å². The molecule has 3 aromatic rings. The molecule has 0 heterocycles. The highest BCUT2D eigenvalue weighted by molar-refractivity contribution is 6.91. The molecule has 0 aliphatic heterocycles. The Morgan fingerprint density at radius 2 is 0.688 bits per heavy atom. The van der Waals surface area contributed by atoms with Gasteiger partial charge in [-0.15, -0.1) is 11.1 Å². The third kappa shape index (κ3) is 5.52. The molecule has 48 heavy (non-hydrogen) atoms. The molecule has 2 aliphatic carbocycles. The van der Waals surface area contributed by atoms with Crippen molar-refractivity contribution in [2.24, 2.45) is 0 Å². The molecule has 0 spiro atoms. The fourth-order valence-corrected chi connectivity index (χ4v) is 19.7. The van der Waals surface area contributed by atoms with E-state index in [1.165, 1.54) is 0 Å². The number of hydrogen-bond acceptors (Lipinski definition) is 2. The van der Waals surface area contributed by atoms with Gasteiger partial charge in [-0.05, 0) is 45.4 Å². The van der Waals surface area contributed by atoms with Crippen LogP contribution in [0.1, 0.15) is 126 Å². The third-order valence-electron chi connectivity index (χ3n) is 11.6. The number of carbonyl (C=O) groups excluding carboxylic acids is 2. The van der Waals surface area contributed by atoms with Gasteiger partial charge in [0.15, 0.2) is 11.6 Å². The van der Waals surface area contributed by atoms with Gasteiger partial charge in [0, 0.05) is 55.0 Å². The minimum atomic E-state index is -2.08. The van der Waals surface area contributed by atoms with Crippen LogP contribution in [0.5, 0.6) is 0 Å². The summed E-state index contributed by atoms with van der Waals surface area (Å²) in [6, 6.07) is 19.6. The predicted octanol–water partition coefficient (Wildman–Crippen LogP) is 9.62. The average Bonchev–Trinajstić information content (AvgIpc) is 3.02. The first-order valence-electron chi connectivity index (χ1n) is 17.9. The predicted molar refractivity (Wildman–Crippen MR) is 208 cm³/mol. The van der Waals surface area contributed by atoms with Crippen molar-refractivity contribution in [1.82, 2.24) is 0 Å². The van der Waals surface area contributed by atoms with Gasteiger partial charge in [0.25, 0.3) is 0 Å². The molecule has 248 valence electrons. The lowest BCUT2D eigenvalue weighted by Crippen LogP contribution is -2.43. The normalized spacial score (nSPS) is 14.2. The van der Waals surface area contributed by atoms with E-state index in [1.54, 1.807) is 0 Å². The molecule has 3 aromatic carbocycles. The SMILES string of the molecule is CC(C)[Si](C#CC1=c2cc3c(cc2C(=O)c2ccccc21)=C(C#C[Si](C(C)C)(C(C)C)C(C)C)c1ccccc1C3=O)(C(C)C)C(C)C. The second-order valence-corrected chi connectivity index (χ2v) is 26.9. The van der Waals surface area contributed by atoms with E-state index in [2.05, 4.69) is 106 Å². The highest BCUT2D eigenvalue weighted by atomic mass is 28.3. The Balaban J connectivity index is 1.95. The number of ketones is 2. The van der Waals surface area contributed by atoms with Gasteiger partial charge in [-0.3, -0.25) is 9.59 Å². The number of fused-ring (bicyclic) bond motifs is 4. The summed E-state index contributed by atoms with van der Waals surface area (Å²) in [6.45, 7) is 27.8. The molecule has 5 rings (SSSR count). The molecule has 0 unspecified atom stereocenters. The summed E-state index contributed by atoms with van der Waals surface area (Å²) in [6.07, 6.45) is 0. The zero-order chi connectivity index (χ0) is 35.3. The van der Waals surface area contributed by atoms with Gasteiger partial charge in [-0.1, -0.05) is 143 Å². The van der Waals surface area contributed by atoms with Gasteiger partial charge in [0.05, 0.1) is 0 Å². The maximum absolute atomic E-state index is 14.3. The average molecular weight is 669 g/mol. The van der Waals surface area contributed by atoms with Gasteiger partial charge in [0.1, 0.15) is 16.1 Å². The van der Waals surface area contributed by atoms with Gasteiger partial charge in [-0.2, -0.15) is 0 Å². The topological polar surface area (TPSA) is 34.1 Å². The van der Waals surface area contributed by atoms with Crippen molar-refractivity contribution < 1.29 is 9.59 Å². The van der Waals surface area contributed by atoms with Gasteiger partial charge in [0.2, 0.25) is 0 Å². The Labute approximate surface area is 291 Å². The first-order valence-corrected chi connectivity index (χ1v) is 22.3. The quantitative estimate of drug-likeness (QED) is 0.194. The van der Waals surface area contributed by atoms with Crippen molar-refractivity contribution in [3.8, 4) is 22.9 Å². The zero-order valence-electron chi connectivity index (χ0n) is 31.1. The number of hydrogen-bond donors (Lipinski definition) is 0. The molecule has 0 amide bonds. The van der Waals surface area contributed by atoms with Gasteiger partial charge >= 0.3 is 0 Å². The molecule has 0 bridgehead atoms. The van der Waals surface area contributed by atoms with E-state index in [9.17, 15) is 9.59 Å². The summed E-state index contributed by atoms with van der Waals surface area (Å²) in [7, 11) is -4.16. The summed E-state index contributed by atoms with van der Waals surface area (Å²) >= 11 is 0. The summed E-state index contributed by atoms with van der Waals surface area (Å²) in [5, 5.41) is 1.53. The lowest BCUT2D eigenvalue weighted by atomic mass is 9.80. The van der Waals surface area contributed by atoms with Gasteiger partial charge < -0.3 is 0 Å². The van der Waals surface area contributed by atoms with Gasteiger partial charge in [-0.25, -0.2) is 0 Å². The van der Waals surface area contributed by atoms with Crippen molar-refractivity contribution in [2.75, 3.05) is 0 Å². The van der Waals surface area contributed by atoms with Crippen LogP contribution in [-0.4, -0.2) is 27.7 Å². The molecule has 4 heteroatoms. The lowest BCUT2D eigenvalue weighted by molar-refractivity contribution is 0.102. The van der Waals surface area contributed by atoms with E-state index < -0.39 is 16.1 Å². The standard InChI is InChI=1S/C44H52O2Si2/c1-27(2)47(28(3)4,29(5)6)23-21-35-33-17-13-15-19-37(33)43(45)41-26-40-36(22-24-48(30(7)8,31(9)10)32(11)12)34-18-14-16-20-38(34)44(46)42(40)25-39(35)41/h13-20,25-32H,1-12H3. The lowest BCUT2D eigenvalue weighted by Gasteiger charge is -2.38. The van der Waals surface area contributed by atoms with Crippen molar-refractivity contribution >= 4 is 38.9 Å². The molecule has 0 radical (unpaired) electrons. The second kappa shape index (κ2) is 13.3. The summed E-state index contributed by atoms with van der Waals surface area (Å²) in [5.41, 5.74) is 16.6. The van der Waals surface area contributed by atoms with Crippen molar-refractivity contribution in [2.45, 2.75) is 116 Å².